The van der Waals surface area contributed by atoms with Gasteiger partial charge in [-0.05, 0) is 12.1 Å². The summed E-state index contributed by atoms with van der Waals surface area (Å²) in [6.45, 7) is 0. The monoisotopic (exact) mass is 269 g/mol. The lowest BCUT2D eigenvalue weighted by Crippen LogP contribution is -2.04. The van der Waals surface area contributed by atoms with Crippen molar-refractivity contribution in [2.75, 3.05) is 5.32 Å². The molecular weight excluding hydrogens is 265 g/mol. The van der Waals surface area contributed by atoms with Gasteiger partial charge >= 0.3 is 0 Å². The summed E-state index contributed by atoms with van der Waals surface area (Å²) in [7, 11) is 0. The SMILES string of the molecule is Clc1nc2c(nc1Cl)Sc1ccccc1N2. The number of benzene rings is 1. The molecule has 1 aromatic carbocycles. The summed E-state index contributed by atoms with van der Waals surface area (Å²) in [6.07, 6.45) is 0. The molecule has 80 valence electrons. The Balaban J connectivity index is 2.12. The predicted octanol–water partition coefficient (Wildman–Crippen LogP) is 3.99. The van der Waals surface area contributed by atoms with Crippen LogP contribution in [-0.2, 0) is 0 Å². The van der Waals surface area contributed by atoms with Crippen molar-refractivity contribution in [2.24, 2.45) is 0 Å². The molecule has 3 rings (SSSR count). The first kappa shape index (κ1) is 10.2. The largest absolute Gasteiger partial charge is 0.337 e. The maximum Gasteiger partial charge on any atom is 0.168 e. The van der Waals surface area contributed by atoms with Gasteiger partial charge in [-0.1, -0.05) is 47.1 Å². The zero-order chi connectivity index (χ0) is 11.1. The number of nitrogens with one attached hydrogen (secondary N) is 1. The summed E-state index contributed by atoms with van der Waals surface area (Å²) >= 11 is 13.2. The number of para-hydroxylation sites is 1. The fraction of sp³-hybridized carbons (Fsp3) is 0. The van der Waals surface area contributed by atoms with E-state index >= 15 is 0 Å². The number of aromatic nitrogens is 2. The van der Waals surface area contributed by atoms with E-state index in [1.165, 1.54) is 11.8 Å². The molecule has 0 fully saturated rings. The van der Waals surface area contributed by atoms with Gasteiger partial charge in [0.2, 0.25) is 0 Å². The van der Waals surface area contributed by atoms with Crippen LogP contribution < -0.4 is 5.32 Å². The van der Waals surface area contributed by atoms with Crippen molar-refractivity contribution in [1.82, 2.24) is 9.97 Å². The third-order valence-corrected chi connectivity index (χ3v) is 3.81. The summed E-state index contributed by atoms with van der Waals surface area (Å²) in [5.74, 6) is 0.651. The van der Waals surface area contributed by atoms with Crippen LogP contribution in [0, 0.1) is 0 Å². The second kappa shape index (κ2) is 3.80. The zero-order valence-corrected chi connectivity index (χ0v) is 10.2. The minimum Gasteiger partial charge on any atom is -0.337 e. The van der Waals surface area contributed by atoms with Crippen LogP contribution in [0.1, 0.15) is 0 Å². The van der Waals surface area contributed by atoms with E-state index in [4.69, 9.17) is 23.2 Å². The van der Waals surface area contributed by atoms with Gasteiger partial charge in [0.1, 0.15) is 5.03 Å². The molecule has 1 aliphatic heterocycles. The van der Waals surface area contributed by atoms with Crippen LogP contribution in [-0.4, -0.2) is 9.97 Å². The minimum absolute atomic E-state index is 0.216. The molecule has 1 aromatic heterocycles. The molecule has 0 saturated heterocycles. The standard InChI is InChI=1S/C10H5Cl2N3S/c11-7-8(12)15-10-9(14-7)13-5-3-1-2-4-6(5)16-10/h1-4H,(H,13,14). The topological polar surface area (TPSA) is 37.8 Å². The first-order valence-corrected chi connectivity index (χ1v) is 6.08. The Hall–Kier alpha value is -0.970. The molecule has 6 heteroatoms. The van der Waals surface area contributed by atoms with Gasteiger partial charge in [-0.25, -0.2) is 9.97 Å². The quantitative estimate of drug-likeness (QED) is 0.670. The Bertz CT molecular complexity index is 524. The molecule has 2 heterocycles. The van der Waals surface area contributed by atoms with Gasteiger partial charge in [0.05, 0.1) is 5.69 Å². The van der Waals surface area contributed by atoms with Crippen LogP contribution in [0.25, 0.3) is 0 Å². The summed E-state index contributed by atoms with van der Waals surface area (Å²) in [5.41, 5.74) is 1.01. The number of nitrogens with zero attached hydrogens (tertiary/aromatic N) is 2. The van der Waals surface area contributed by atoms with Crippen LogP contribution in [0.4, 0.5) is 11.5 Å². The van der Waals surface area contributed by atoms with Gasteiger partial charge in [-0.2, -0.15) is 0 Å². The lowest BCUT2D eigenvalue weighted by molar-refractivity contribution is 1.05. The van der Waals surface area contributed by atoms with Crippen LogP contribution in [0.15, 0.2) is 34.2 Å². The van der Waals surface area contributed by atoms with Gasteiger partial charge in [0, 0.05) is 4.90 Å². The molecule has 2 aromatic rings. The van der Waals surface area contributed by atoms with E-state index < -0.39 is 0 Å². The smallest absolute Gasteiger partial charge is 0.168 e. The number of hydrogen-bond donors (Lipinski definition) is 1. The molecule has 0 atom stereocenters. The van der Waals surface area contributed by atoms with Gasteiger partial charge in [0.15, 0.2) is 16.1 Å². The molecule has 1 aliphatic rings. The molecule has 3 nitrogen and oxygen atoms in total. The maximum atomic E-state index is 5.83. The van der Waals surface area contributed by atoms with Crippen molar-refractivity contribution >= 4 is 46.5 Å². The van der Waals surface area contributed by atoms with Crippen LogP contribution in [0.5, 0.6) is 0 Å². The first-order valence-electron chi connectivity index (χ1n) is 4.51. The predicted molar refractivity (Wildman–Crippen MR) is 65.9 cm³/mol. The number of fused-ring (bicyclic) bond motifs is 2. The second-order valence-corrected chi connectivity index (χ2v) is 4.93. The average molecular weight is 270 g/mol. The fourth-order valence-corrected chi connectivity index (χ4v) is 2.64. The van der Waals surface area contributed by atoms with Gasteiger partial charge in [-0.3, -0.25) is 0 Å². The van der Waals surface area contributed by atoms with Crippen molar-refractivity contribution in [1.29, 1.82) is 0 Å². The van der Waals surface area contributed by atoms with Crippen molar-refractivity contribution < 1.29 is 0 Å². The lowest BCUT2D eigenvalue weighted by atomic mass is 10.3. The lowest BCUT2D eigenvalue weighted by Gasteiger charge is -2.18. The van der Waals surface area contributed by atoms with Crippen LogP contribution in [0.2, 0.25) is 10.3 Å². The van der Waals surface area contributed by atoms with Gasteiger partial charge < -0.3 is 5.32 Å². The highest BCUT2D eigenvalue weighted by Crippen LogP contribution is 2.43. The summed E-state index contributed by atoms with van der Waals surface area (Å²) in [5, 5.41) is 4.36. The highest BCUT2D eigenvalue weighted by molar-refractivity contribution is 7.99. The van der Waals surface area contributed by atoms with E-state index in [-0.39, 0.29) is 10.3 Å². The number of anilines is 2. The van der Waals surface area contributed by atoms with Crippen molar-refractivity contribution in [3.8, 4) is 0 Å². The van der Waals surface area contributed by atoms with E-state index in [0.29, 0.717) is 5.82 Å². The molecule has 16 heavy (non-hydrogen) atoms. The van der Waals surface area contributed by atoms with Crippen molar-refractivity contribution in [3.63, 3.8) is 0 Å². The van der Waals surface area contributed by atoms with Gasteiger partial charge in [-0.15, -0.1) is 0 Å². The van der Waals surface area contributed by atoms with E-state index in [9.17, 15) is 0 Å². The molecule has 0 spiro atoms. The Morgan fingerprint density at radius 3 is 2.69 bits per heavy atom. The van der Waals surface area contributed by atoms with E-state index in [2.05, 4.69) is 15.3 Å². The third-order valence-electron chi connectivity index (χ3n) is 2.13. The zero-order valence-electron chi connectivity index (χ0n) is 7.87. The summed E-state index contributed by atoms with van der Waals surface area (Å²) < 4.78 is 0. The molecule has 0 unspecified atom stereocenters. The molecule has 0 aliphatic carbocycles. The molecule has 0 bridgehead atoms. The molecule has 0 amide bonds. The minimum atomic E-state index is 0.216. The van der Waals surface area contributed by atoms with Crippen molar-refractivity contribution in [3.05, 3.63) is 34.6 Å². The number of halogens is 2. The third kappa shape index (κ3) is 1.63. The van der Waals surface area contributed by atoms with Gasteiger partial charge in [0.25, 0.3) is 0 Å². The highest BCUT2D eigenvalue weighted by Gasteiger charge is 2.19. The summed E-state index contributed by atoms with van der Waals surface area (Å²) in [4.78, 5) is 9.43. The summed E-state index contributed by atoms with van der Waals surface area (Å²) in [6, 6.07) is 7.93. The Labute approximate surface area is 106 Å². The van der Waals surface area contributed by atoms with Crippen LogP contribution >= 0.6 is 35.0 Å². The van der Waals surface area contributed by atoms with E-state index in [1.54, 1.807) is 0 Å². The Kier molecular flexibility index (Phi) is 2.42. The molecule has 0 saturated carbocycles. The van der Waals surface area contributed by atoms with Crippen molar-refractivity contribution in [2.45, 2.75) is 9.92 Å². The molecule has 1 N–H and O–H groups in total. The normalized spacial score (nSPS) is 12.6. The first-order chi connectivity index (χ1) is 7.74. The highest BCUT2D eigenvalue weighted by atomic mass is 35.5. The average Bonchev–Trinajstić information content (AvgIpc) is 2.28. The molecule has 0 radical (unpaired) electrons. The molecular formula is C10H5Cl2N3S. The van der Waals surface area contributed by atoms with Crippen LogP contribution in [0.3, 0.4) is 0 Å². The Morgan fingerprint density at radius 2 is 1.81 bits per heavy atom. The van der Waals surface area contributed by atoms with E-state index in [0.717, 1.165) is 15.6 Å². The maximum absolute atomic E-state index is 5.83. The number of rotatable bonds is 0. The Morgan fingerprint density at radius 1 is 1.06 bits per heavy atom. The second-order valence-electron chi connectivity index (χ2n) is 3.18. The number of hydrogen-bond acceptors (Lipinski definition) is 4. The van der Waals surface area contributed by atoms with E-state index in [1.807, 2.05) is 24.3 Å². The fourth-order valence-electron chi connectivity index (χ4n) is 1.42.